The van der Waals surface area contributed by atoms with Crippen LogP contribution >= 0.6 is 58.0 Å². The minimum absolute atomic E-state index is 0.130. The fourth-order valence-electron chi connectivity index (χ4n) is 1.69. The molecule has 0 saturated carbocycles. The molecule has 0 aliphatic heterocycles. The van der Waals surface area contributed by atoms with Crippen molar-refractivity contribution in [3.05, 3.63) is 67.6 Å². The zero-order valence-electron chi connectivity index (χ0n) is 11.7. The van der Waals surface area contributed by atoms with Crippen LogP contribution in [0.25, 0.3) is 0 Å². The van der Waals surface area contributed by atoms with E-state index in [1.165, 1.54) is 6.08 Å². The molecule has 2 nitrogen and oxygen atoms in total. The van der Waals surface area contributed by atoms with Crippen LogP contribution in [0.15, 0.2) is 47.0 Å². The van der Waals surface area contributed by atoms with Crippen molar-refractivity contribution in [1.82, 2.24) is 0 Å². The Bertz CT molecular complexity index is 671. The maximum absolute atomic E-state index is 6.19. The Balaban J connectivity index is 2.04. The van der Waals surface area contributed by atoms with Crippen LogP contribution in [0.5, 0.6) is 11.5 Å². The van der Waals surface area contributed by atoms with Crippen LogP contribution in [0.1, 0.15) is 5.56 Å². The Morgan fingerprint density at radius 1 is 0.913 bits per heavy atom. The predicted octanol–water partition coefficient (Wildman–Crippen LogP) is 6.92. The monoisotopic (exact) mass is 410 g/mol. The van der Waals surface area contributed by atoms with Crippen molar-refractivity contribution in [2.45, 2.75) is 6.61 Å². The summed E-state index contributed by atoms with van der Waals surface area (Å²) in [4.78, 5) is 0. The second-order valence-electron chi connectivity index (χ2n) is 4.44. The van der Waals surface area contributed by atoms with Crippen LogP contribution < -0.4 is 9.47 Å². The fraction of sp³-hybridized carbons (Fsp3) is 0.125. The molecule has 0 atom stereocenters. The molecule has 2 rings (SSSR count). The Morgan fingerprint density at radius 3 is 2.09 bits per heavy atom. The maximum atomic E-state index is 6.19. The second-order valence-corrected chi connectivity index (χ2v) is 6.69. The third kappa shape index (κ3) is 5.98. The topological polar surface area (TPSA) is 18.5 Å². The maximum Gasteiger partial charge on any atom is 0.157 e. The molecule has 0 aliphatic carbocycles. The van der Waals surface area contributed by atoms with Crippen LogP contribution in [-0.2, 0) is 6.61 Å². The van der Waals surface area contributed by atoms with E-state index < -0.39 is 0 Å². The first-order valence-corrected chi connectivity index (χ1v) is 8.35. The molecule has 0 bridgehead atoms. The Kier molecular flexibility index (Phi) is 7.19. The molecular formula is C16H11Cl5O2. The molecule has 23 heavy (non-hydrogen) atoms. The molecule has 0 heterocycles. The summed E-state index contributed by atoms with van der Waals surface area (Å²) < 4.78 is 11.2. The third-order valence-electron chi connectivity index (χ3n) is 2.76. The van der Waals surface area contributed by atoms with Crippen LogP contribution in [0.2, 0.25) is 15.1 Å². The van der Waals surface area contributed by atoms with Gasteiger partial charge in [0.1, 0.15) is 23.5 Å². The van der Waals surface area contributed by atoms with Gasteiger partial charge in [0.2, 0.25) is 0 Å². The minimum atomic E-state index is 0.130. The van der Waals surface area contributed by atoms with E-state index in [2.05, 4.69) is 0 Å². The van der Waals surface area contributed by atoms with Gasteiger partial charge >= 0.3 is 0 Å². The lowest BCUT2D eigenvalue weighted by Crippen LogP contribution is -1.98. The molecule has 0 amide bonds. The van der Waals surface area contributed by atoms with E-state index in [-0.39, 0.29) is 11.1 Å². The highest BCUT2D eigenvalue weighted by Gasteiger charge is 2.11. The van der Waals surface area contributed by atoms with E-state index in [9.17, 15) is 0 Å². The van der Waals surface area contributed by atoms with Crippen molar-refractivity contribution in [2.24, 2.45) is 0 Å². The van der Waals surface area contributed by atoms with E-state index >= 15 is 0 Å². The molecule has 7 heteroatoms. The number of halogens is 5. The molecule has 2 aromatic rings. The Morgan fingerprint density at radius 2 is 1.52 bits per heavy atom. The van der Waals surface area contributed by atoms with Gasteiger partial charge < -0.3 is 9.47 Å². The van der Waals surface area contributed by atoms with Gasteiger partial charge in [0.25, 0.3) is 0 Å². The Labute approximate surface area is 159 Å². The van der Waals surface area contributed by atoms with E-state index in [0.29, 0.717) is 33.2 Å². The largest absolute Gasteiger partial charge is 0.489 e. The molecule has 0 unspecified atom stereocenters. The van der Waals surface area contributed by atoms with Crippen LogP contribution in [-0.4, -0.2) is 6.61 Å². The highest BCUT2D eigenvalue weighted by Crippen LogP contribution is 2.37. The molecule has 0 aromatic heterocycles. The first-order valence-electron chi connectivity index (χ1n) is 6.46. The molecule has 0 spiro atoms. The van der Waals surface area contributed by atoms with Crippen LogP contribution in [0.3, 0.4) is 0 Å². The van der Waals surface area contributed by atoms with Gasteiger partial charge in [0, 0.05) is 17.2 Å². The van der Waals surface area contributed by atoms with Gasteiger partial charge in [-0.05, 0) is 23.8 Å². The summed E-state index contributed by atoms with van der Waals surface area (Å²) in [5, 5.41) is 1.36. The fourth-order valence-corrected chi connectivity index (χ4v) is 2.52. The highest BCUT2D eigenvalue weighted by molar-refractivity contribution is 6.55. The normalized spacial score (nSPS) is 10.3. The summed E-state index contributed by atoms with van der Waals surface area (Å²) in [5.74, 6) is 0.881. The lowest BCUT2D eigenvalue weighted by molar-refractivity contribution is 0.305. The summed E-state index contributed by atoms with van der Waals surface area (Å²) >= 11 is 29.2. The highest BCUT2D eigenvalue weighted by atomic mass is 35.5. The average Bonchev–Trinajstić information content (AvgIpc) is 2.48. The summed E-state index contributed by atoms with van der Waals surface area (Å²) in [7, 11) is 0. The van der Waals surface area contributed by atoms with Crippen molar-refractivity contribution >= 4 is 58.0 Å². The summed E-state index contributed by atoms with van der Waals surface area (Å²) in [6.45, 7) is 0.529. The zero-order chi connectivity index (χ0) is 16.8. The molecule has 0 N–H and O–H groups in total. The molecule has 122 valence electrons. The zero-order valence-corrected chi connectivity index (χ0v) is 15.4. The summed E-state index contributed by atoms with van der Waals surface area (Å²) in [5.41, 5.74) is 0.948. The van der Waals surface area contributed by atoms with Crippen molar-refractivity contribution in [3.8, 4) is 11.5 Å². The quantitative estimate of drug-likeness (QED) is 0.512. The lowest BCUT2D eigenvalue weighted by Gasteiger charge is -2.12. The van der Waals surface area contributed by atoms with Gasteiger partial charge in [-0.15, -0.1) is 0 Å². The summed E-state index contributed by atoms with van der Waals surface area (Å²) in [6.07, 6.45) is 1.51. The lowest BCUT2D eigenvalue weighted by atomic mass is 10.2. The van der Waals surface area contributed by atoms with Gasteiger partial charge in [-0.25, -0.2) is 0 Å². The first kappa shape index (κ1) is 18.6. The van der Waals surface area contributed by atoms with Crippen LogP contribution in [0.4, 0.5) is 0 Å². The minimum Gasteiger partial charge on any atom is -0.489 e. The smallest absolute Gasteiger partial charge is 0.157 e. The number of benzene rings is 2. The number of hydrogen-bond donors (Lipinski definition) is 0. The van der Waals surface area contributed by atoms with Gasteiger partial charge in [-0.2, -0.15) is 0 Å². The third-order valence-corrected chi connectivity index (χ3v) is 3.88. The van der Waals surface area contributed by atoms with Crippen molar-refractivity contribution < 1.29 is 9.47 Å². The van der Waals surface area contributed by atoms with E-state index in [0.717, 1.165) is 5.56 Å². The second kappa shape index (κ2) is 8.91. The molecule has 0 saturated heterocycles. The SMILES string of the molecule is ClC(Cl)=CCOc1cc(Cl)c(OCc2ccc(Cl)cc2)c(Cl)c1. The first-order chi connectivity index (χ1) is 11.0. The molecule has 0 radical (unpaired) electrons. The Hall–Kier alpha value is -0.770. The van der Waals surface area contributed by atoms with E-state index in [1.54, 1.807) is 24.3 Å². The summed E-state index contributed by atoms with van der Waals surface area (Å²) in [6, 6.07) is 10.5. The standard InChI is InChI=1S/C16H11Cl5O2/c17-11-3-1-10(2-4-11)9-23-16-13(18)7-12(8-14(16)19)22-6-5-15(20)21/h1-5,7-8H,6,9H2. The van der Waals surface area contributed by atoms with Gasteiger partial charge in [0.05, 0.1) is 10.0 Å². The molecular weight excluding hydrogens is 401 g/mol. The van der Waals surface area contributed by atoms with Gasteiger partial charge in [-0.3, -0.25) is 0 Å². The van der Waals surface area contributed by atoms with E-state index in [4.69, 9.17) is 67.5 Å². The molecule has 0 fully saturated rings. The van der Waals surface area contributed by atoms with Crippen LogP contribution in [0, 0.1) is 0 Å². The van der Waals surface area contributed by atoms with Crippen molar-refractivity contribution in [3.63, 3.8) is 0 Å². The van der Waals surface area contributed by atoms with Gasteiger partial charge in [-0.1, -0.05) is 70.1 Å². The average molecular weight is 413 g/mol. The van der Waals surface area contributed by atoms with Crippen molar-refractivity contribution in [2.75, 3.05) is 6.61 Å². The number of hydrogen-bond acceptors (Lipinski definition) is 2. The van der Waals surface area contributed by atoms with Crippen molar-refractivity contribution in [1.29, 1.82) is 0 Å². The van der Waals surface area contributed by atoms with E-state index in [1.807, 2.05) is 12.1 Å². The number of rotatable bonds is 6. The predicted molar refractivity (Wildman–Crippen MR) is 97.5 cm³/mol. The molecule has 0 aliphatic rings. The van der Waals surface area contributed by atoms with Gasteiger partial charge in [0.15, 0.2) is 5.75 Å². The molecule has 2 aromatic carbocycles. The number of ether oxygens (including phenoxy) is 2.